The highest BCUT2D eigenvalue weighted by Gasteiger charge is 2.28. The normalized spacial score (nSPS) is 12.0. The molecule has 3 aromatic carbocycles. The Morgan fingerprint density at radius 3 is 2.09 bits per heavy atom. The summed E-state index contributed by atoms with van der Waals surface area (Å²) in [6.45, 7) is 3.05. The molecule has 0 spiro atoms. The van der Waals surface area contributed by atoms with Crippen molar-refractivity contribution in [3.63, 3.8) is 0 Å². The molecule has 0 bridgehead atoms. The smallest absolute Gasteiger partial charge is 0.407 e. The van der Waals surface area contributed by atoms with Crippen LogP contribution in [-0.2, 0) is 4.74 Å². The molecule has 0 heterocycles. The van der Waals surface area contributed by atoms with Crippen LogP contribution in [0.2, 0.25) is 0 Å². The maximum absolute atomic E-state index is 12.2. The van der Waals surface area contributed by atoms with Gasteiger partial charge in [-0.15, -0.1) is 0 Å². The maximum Gasteiger partial charge on any atom is 0.407 e. The van der Waals surface area contributed by atoms with E-state index in [-0.39, 0.29) is 17.8 Å². The van der Waals surface area contributed by atoms with E-state index < -0.39 is 0 Å². The van der Waals surface area contributed by atoms with E-state index in [1.807, 2.05) is 36.4 Å². The standard InChI is InChI=1S/C28H29NO4/c1-20(30)21-13-15-22(16-14-21)32-18-8-2-7-17-29-28(31)33-19-27-25-11-5-3-9-23(25)24-10-4-6-12-26(24)27/h3-6,9-16,27H,2,7-8,17-19H2,1H3,(H,29,31). The van der Waals surface area contributed by atoms with Crippen LogP contribution in [0.4, 0.5) is 4.79 Å². The fourth-order valence-corrected chi connectivity index (χ4v) is 4.22. The van der Waals surface area contributed by atoms with Gasteiger partial charge in [0.1, 0.15) is 12.4 Å². The van der Waals surface area contributed by atoms with Crippen LogP contribution >= 0.6 is 0 Å². The molecule has 4 rings (SSSR count). The molecule has 1 N–H and O–H groups in total. The Bertz CT molecular complexity index is 1060. The van der Waals surface area contributed by atoms with Crippen LogP contribution in [0.1, 0.15) is 53.6 Å². The number of hydrogen-bond acceptors (Lipinski definition) is 4. The van der Waals surface area contributed by atoms with Gasteiger partial charge < -0.3 is 14.8 Å². The summed E-state index contributed by atoms with van der Waals surface area (Å²) in [7, 11) is 0. The highest BCUT2D eigenvalue weighted by Crippen LogP contribution is 2.44. The number of carbonyl (C=O) groups is 2. The number of Topliss-reactive ketones (excluding diaryl/α,β-unsaturated/α-hetero) is 1. The summed E-state index contributed by atoms with van der Waals surface area (Å²) in [6, 6.07) is 23.8. The second kappa shape index (κ2) is 10.8. The van der Waals surface area contributed by atoms with Crippen molar-refractivity contribution in [3.8, 4) is 16.9 Å². The van der Waals surface area contributed by atoms with Gasteiger partial charge in [0.15, 0.2) is 5.78 Å². The number of carbonyl (C=O) groups excluding carboxylic acids is 2. The molecule has 0 fully saturated rings. The fourth-order valence-electron chi connectivity index (χ4n) is 4.22. The summed E-state index contributed by atoms with van der Waals surface area (Å²) in [4.78, 5) is 23.5. The lowest BCUT2D eigenvalue weighted by atomic mass is 9.98. The molecular formula is C28H29NO4. The predicted molar refractivity (Wildman–Crippen MR) is 129 cm³/mol. The van der Waals surface area contributed by atoms with Crippen molar-refractivity contribution in [1.29, 1.82) is 0 Å². The van der Waals surface area contributed by atoms with Gasteiger partial charge in [0.25, 0.3) is 0 Å². The van der Waals surface area contributed by atoms with E-state index >= 15 is 0 Å². The van der Waals surface area contributed by atoms with E-state index in [0.29, 0.717) is 25.3 Å². The van der Waals surface area contributed by atoms with Crippen LogP contribution in [0, 0.1) is 0 Å². The van der Waals surface area contributed by atoms with Crippen molar-refractivity contribution in [3.05, 3.63) is 89.5 Å². The number of unbranched alkanes of at least 4 members (excludes halogenated alkanes) is 2. The first-order valence-electron chi connectivity index (χ1n) is 11.5. The number of nitrogens with one attached hydrogen (secondary N) is 1. The molecule has 0 atom stereocenters. The zero-order chi connectivity index (χ0) is 23.0. The molecule has 5 nitrogen and oxygen atoms in total. The lowest BCUT2D eigenvalue weighted by molar-refractivity contribution is 0.101. The minimum Gasteiger partial charge on any atom is -0.494 e. The molecule has 3 aromatic rings. The van der Waals surface area contributed by atoms with E-state index in [9.17, 15) is 9.59 Å². The highest BCUT2D eigenvalue weighted by molar-refractivity contribution is 5.94. The molecule has 1 aliphatic carbocycles. The molecule has 0 saturated heterocycles. The van der Waals surface area contributed by atoms with Crippen LogP contribution in [-0.4, -0.2) is 31.6 Å². The number of ether oxygens (including phenoxy) is 2. The maximum atomic E-state index is 12.2. The van der Waals surface area contributed by atoms with E-state index in [2.05, 4.69) is 29.6 Å². The first-order chi connectivity index (χ1) is 16.1. The van der Waals surface area contributed by atoms with Gasteiger partial charge in [0, 0.05) is 18.0 Å². The third-order valence-corrected chi connectivity index (χ3v) is 5.96. The molecule has 0 aromatic heterocycles. The van der Waals surface area contributed by atoms with Crippen molar-refractivity contribution in [2.45, 2.75) is 32.1 Å². The van der Waals surface area contributed by atoms with Gasteiger partial charge in [-0.25, -0.2) is 4.79 Å². The summed E-state index contributed by atoms with van der Waals surface area (Å²) in [6.07, 6.45) is 2.31. The molecule has 33 heavy (non-hydrogen) atoms. The van der Waals surface area contributed by atoms with Crippen molar-refractivity contribution in [1.82, 2.24) is 5.32 Å². The van der Waals surface area contributed by atoms with Crippen LogP contribution < -0.4 is 10.1 Å². The molecule has 0 unspecified atom stereocenters. The van der Waals surface area contributed by atoms with E-state index in [4.69, 9.17) is 9.47 Å². The summed E-state index contributed by atoms with van der Waals surface area (Å²) in [5, 5.41) is 2.85. The van der Waals surface area contributed by atoms with Gasteiger partial charge in [-0.05, 0) is 72.7 Å². The van der Waals surface area contributed by atoms with Crippen molar-refractivity contribution < 1.29 is 19.1 Å². The highest BCUT2D eigenvalue weighted by atomic mass is 16.5. The molecule has 1 amide bonds. The van der Waals surface area contributed by atoms with Crippen molar-refractivity contribution in [2.24, 2.45) is 0 Å². The average molecular weight is 444 g/mol. The van der Waals surface area contributed by atoms with Gasteiger partial charge in [0.05, 0.1) is 6.61 Å². The molecule has 170 valence electrons. The minimum atomic E-state index is -0.376. The summed E-state index contributed by atoms with van der Waals surface area (Å²) < 4.78 is 11.3. The second-order valence-electron chi connectivity index (χ2n) is 8.24. The quantitative estimate of drug-likeness (QED) is 0.309. The number of alkyl carbamates (subject to hydrolysis) is 1. The molecule has 1 aliphatic rings. The average Bonchev–Trinajstić information content (AvgIpc) is 3.16. The zero-order valence-electron chi connectivity index (χ0n) is 18.9. The first kappa shape index (κ1) is 22.6. The van der Waals surface area contributed by atoms with Crippen LogP contribution in [0.3, 0.4) is 0 Å². The number of rotatable bonds is 10. The fraction of sp³-hybridized carbons (Fsp3) is 0.286. The monoisotopic (exact) mass is 443 g/mol. The van der Waals surface area contributed by atoms with Crippen LogP contribution in [0.5, 0.6) is 5.75 Å². The Kier molecular flexibility index (Phi) is 7.40. The summed E-state index contributed by atoms with van der Waals surface area (Å²) in [5.74, 6) is 0.882. The van der Waals surface area contributed by atoms with Crippen LogP contribution in [0.15, 0.2) is 72.8 Å². The molecule has 5 heteroatoms. The number of hydrogen-bond donors (Lipinski definition) is 1. The Balaban J connectivity index is 1.13. The van der Waals surface area contributed by atoms with E-state index in [0.717, 1.165) is 25.0 Å². The van der Waals surface area contributed by atoms with Crippen LogP contribution in [0.25, 0.3) is 11.1 Å². The third-order valence-electron chi connectivity index (χ3n) is 5.96. The van der Waals surface area contributed by atoms with Gasteiger partial charge in [-0.1, -0.05) is 48.5 Å². The summed E-state index contributed by atoms with van der Waals surface area (Å²) in [5.41, 5.74) is 5.55. The van der Waals surface area contributed by atoms with E-state index in [1.54, 1.807) is 19.1 Å². The molecular weight excluding hydrogens is 414 g/mol. The Morgan fingerprint density at radius 2 is 1.45 bits per heavy atom. The molecule has 0 saturated carbocycles. The minimum absolute atomic E-state index is 0.0467. The van der Waals surface area contributed by atoms with Crippen molar-refractivity contribution in [2.75, 3.05) is 19.8 Å². The van der Waals surface area contributed by atoms with Gasteiger partial charge in [-0.3, -0.25) is 4.79 Å². The topological polar surface area (TPSA) is 64.6 Å². The Morgan fingerprint density at radius 1 is 0.818 bits per heavy atom. The summed E-state index contributed by atoms with van der Waals surface area (Å²) >= 11 is 0. The first-order valence-corrected chi connectivity index (χ1v) is 11.5. The second-order valence-corrected chi connectivity index (χ2v) is 8.24. The van der Waals surface area contributed by atoms with Gasteiger partial charge in [-0.2, -0.15) is 0 Å². The lowest BCUT2D eigenvalue weighted by Crippen LogP contribution is -2.27. The Labute approximate surface area is 194 Å². The number of fused-ring (bicyclic) bond motifs is 3. The number of amides is 1. The largest absolute Gasteiger partial charge is 0.494 e. The molecule has 0 aliphatic heterocycles. The predicted octanol–water partition coefficient (Wildman–Crippen LogP) is 5.98. The Hall–Kier alpha value is -3.60. The molecule has 0 radical (unpaired) electrons. The van der Waals surface area contributed by atoms with Gasteiger partial charge >= 0.3 is 6.09 Å². The number of ketones is 1. The van der Waals surface area contributed by atoms with Gasteiger partial charge in [0.2, 0.25) is 0 Å². The SMILES string of the molecule is CC(=O)c1ccc(OCCCCCNC(=O)OCC2c3ccccc3-c3ccccc32)cc1. The zero-order valence-corrected chi connectivity index (χ0v) is 18.9. The number of benzene rings is 3. The van der Waals surface area contributed by atoms with E-state index in [1.165, 1.54) is 22.3 Å². The third kappa shape index (κ3) is 5.61. The van der Waals surface area contributed by atoms with Crippen molar-refractivity contribution >= 4 is 11.9 Å². The lowest BCUT2D eigenvalue weighted by Gasteiger charge is -2.14.